The van der Waals surface area contributed by atoms with Crippen LogP contribution in [0.15, 0.2) is 30.3 Å². The van der Waals surface area contributed by atoms with E-state index in [0.29, 0.717) is 13.2 Å². The van der Waals surface area contributed by atoms with Crippen LogP contribution in [0.25, 0.3) is 0 Å². The number of nitrogens with zero attached hydrogens (tertiary/aromatic N) is 2. The van der Waals surface area contributed by atoms with E-state index in [1.165, 1.54) is 4.90 Å². The Morgan fingerprint density at radius 1 is 1.10 bits per heavy atom. The number of carbonyl (C=O) groups excluding carboxylic acids is 2. The van der Waals surface area contributed by atoms with Gasteiger partial charge in [-0.2, -0.15) is 0 Å². The van der Waals surface area contributed by atoms with Gasteiger partial charge in [0.05, 0.1) is 19.6 Å². The van der Waals surface area contributed by atoms with Crippen molar-refractivity contribution in [3.8, 4) is 5.75 Å². The molecule has 0 saturated heterocycles. The number of likely N-dealkylation sites (N-methyl/N-ethyl adjacent to an activating group) is 2. The first-order chi connectivity index (χ1) is 9.99. The first-order valence-electron chi connectivity index (χ1n) is 6.82. The Morgan fingerprint density at radius 3 is 2.38 bits per heavy atom. The average molecular weight is 293 g/mol. The summed E-state index contributed by atoms with van der Waals surface area (Å²) in [7, 11) is 5.12. The fourth-order valence-corrected chi connectivity index (χ4v) is 1.61. The Morgan fingerprint density at radius 2 is 1.76 bits per heavy atom. The average Bonchev–Trinajstić information content (AvgIpc) is 2.44. The maximum absolute atomic E-state index is 11.7. The van der Waals surface area contributed by atoms with Crippen molar-refractivity contribution >= 4 is 11.8 Å². The molecule has 0 unspecified atom stereocenters. The minimum absolute atomic E-state index is 0.0299. The number of hydrogen-bond acceptors (Lipinski definition) is 4. The Bertz CT molecular complexity index is 449. The van der Waals surface area contributed by atoms with E-state index in [4.69, 9.17) is 4.74 Å². The van der Waals surface area contributed by atoms with Gasteiger partial charge < -0.3 is 15.0 Å². The number of carbonyl (C=O) groups is 2. The standard InChI is InChI=1S/C15H23N3O3/c1-17(2)15(20)12-18(3)11-14(19)16-9-10-21-13-7-5-4-6-8-13/h4-8H,9-12H2,1-3H3,(H,16,19). The molecule has 0 atom stereocenters. The van der Waals surface area contributed by atoms with Crippen molar-refractivity contribution in [2.45, 2.75) is 0 Å². The van der Waals surface area contributed by atoms with E-state index in [1.807, 2.05) is 30.3 Å². The Balaban J connectivity index is 2.15. The summed E-state index contributed by atoms with van der Waals surface area (Å²) in [5.41, 5.74) is 0. The molecule has 1 rings (SSSR count). The van der Waals surface area contributed by atoms with Crippen molar-refractivity contribution in [3.05, 3.63) is 30.3 Å². The Kier molecular flexibility index (Phi) is 7.25. The van der Waals surface area contributed by atoms with Crippen LogP contribution in [0.2, 0.25) is 0 Å². The molecule has 0 aliphatic carbocycles. The van der Waals surface area contributed by atoms with Crippen LogP contribution in [0, 0.1) is 0 Å². The van der Waals surface area contributed by atoms with Crippen molar-refractivity contribution in [1.29, 1.82) is 0 Å². The lowest BCUT2D eigenvalue weighted by molar-refractivity contribution is -0.130. The predicted molar refractivity (Wildman–Crippen MR) is 81.1 cm³/mol. The highest BCUT2D eigenvalue weighted by molar-refractivity contribution is 5.80. The monoisotopic (exact) mass is 293 g/mol. The fraction of sp³-hybridized carbons (Fsp3) is 0.467. The molecule has 0 aliphatic rings. The van der Waals surface area contributed by atoms with Crippen molar-refractivity contribution < 1.29 is 14.3 Å². The van der Waals surface area contributed by atoms with Crippen LogP contribution < -0.4 is 10.1 Å². The zero-order chi connectivity index (χ0) is 15.7. The first kappa shape index (κ1) is 17.0. The van der Waals surface area contributed by atoms with Gasteiger partial charge in [0.25, 0.3) is 0 Å². The van der Waals surface area contributed by atoms with Crippen LogP contribution in [0.1, 0.15) is 0 Å². The summed E-state index contributed by atoms with van der Waals surface area (Å²) < 4.78 is 5.47. The molecule has 1 aromatic carbocycles. The maximum atomic E-state index is 11.7. The molecule has 0 aromatic heterocycles. The van der Waals surface area contributed by atoms with E-state index in [0.717, 1.165) is 5.75 Å². The second-order valence-corrected chi connectivity index (χ2v) is 4.97. The summed E-state index contributed by atoms with van der Waals surface area (Å²) in [6.07, 6.45) is 0. The number of rotatable bonds is 8. The molecule has 0 fully saturated rings. The minimum Gasteiger partial charge on any atom is -0.492 e. The van der Waals surface area contributed by atoms with E-state index in [9.17, 15) is 9.59 Å². The van der Waals surface area contributed by atoms with Crippen molar-refractivity contribution in [3.63, 3.8) is 0 Å². The van der Waals surface area contributed by atoms with Gasteiger partial charge in [-0.3, -0.25) is 14.5 Å². The van der Waals surface area contributed by atoms with Gasteiger partial charge in [0, 0.05) is 14.1 Å². The number of benzene rings is 1. The molecule has 2 amide bonds. The molecule has 6 nitrogen and oxygen atoms in total. The van der Waals surface area contributed by atoms with Crippen LogP contribution in [-0.4, -0.2) is 69.0 Å². The highest BCUT2D eigenvalue weighted by Crippen LogP contribution is 2.07. The largest absolute Gasteiger partial charge is 0.492 e. The normalized spacial score (nSPS) is 10.3. The summed E-state index contributed by atoms with van der Waals surface area (Å²) in [4.78, 5) is 26.3. The van der Waals surface area contributed by atoms with Gasteiger partial charge in [0.15, 0.2) is 0 Å². The highest BCUT2D eigenvalue weighted by Gasteiger charge is 2.11. The number of nitrogens with one attached hydrogen (secondary N) is 1. The van der Waals surface area contributed by atoms with Gasteiger partial charge in [0.1, 0.15) is 12.4 Å². The second kappa shape index (κ2) is 8.97. The lowest BCUT2D eigenvalue weighted by atomic mass is 10.3. The summed E-state index contributed by atoms with van der Waals surface area (Å²) in [5, 5.41) is 2.76. The third-order valence-electron chi connectivity index (χ3n) is 2.75. The maximum Gasteiger partial charge on any atom is 0.236 e. The summed E-state index contributed by atoms with van der Waals surface area (Å²) in [6, 6.07) is 9.43. The third-order valence-corrected chi connectivity index (χ3v) is 2.75. The molecular weight excluding hydrogens is 270 g/mol. The van der Waals surface area contributed by atoms with Gasteiger partial charge in [-0.25, -0.2) is 0 Å². The SMILES string of the molecule is CN(CC(=O)NCCOc1ccccc1)CC(=O)N(C)C. The van der Waals surface area contributed by atoms with Gasteiger partial charge >= 0.3 is 0 Å². The quantitative estimate of drug-likeness (QED) is 0.696. The summed E-state index contributed by atoms with van der Waals surface area (Å²) in [6.45, 7) is 1.26. The molecule has 0 saturated carbocycles. The van der Waals surface area contributed by atoms with E-state index in [2.05, 4.69) is 5.32 Å². The molecule has 21 heavy (non-hydrogen) atoms. The van der Waals surface area contributed by atoms with Gasteiger partial charge in [-0.15, -0.1) is 0 Å². The lowest BCUT2D eigenvalue weighted by Gasteiger charge is -2.18. The molecular formula is C15H23N3O3. The van der Waals surface area contributed by atoms with E-state index in [1.54, 1.807) is 26.0 Å². The zero-order valence-electron chi connectivity index (χ0n) is 12.8. The number of hydrogen-bond donors (Lipinski definition) is 1. The van der Waals surface area contributed by atoms with Crippen LogP contribution >= 0.6 is 0 Å². The molecule has 1 aromatic rings. The Labute approximate surface area is 125 Å². The Hall–Kier alpha value is -2.08. The number of ether oxygens (including phenoxy) is 1. The fourth-order valence-electron chi connectivity index (χ4n) is 1.61. The van der Waals surface area contributed by atoms with Crippen LogP contribution in [-0.2, 0) is 9.59 Å². The molecule has 0 heterocycles. The van der Waals surface area contributed by atoms with Crippen LogP contribution in [0.5, 0.6) is 5.75 Å². The van der Waals surface area contributed by atoms with Crippen molar-refractivity contribution in [2.75, 3.05) is 47.4 Å². The van der Waals surface area contributed by atoms with Crippen molar-refractivity contribution in [1.82, 2.24) is 15.1 Å². The zero-order valence-corrected chi connectivity index (χ0v) is 12.8. The number of para-hydroxylation sites is 1. The smallest absolute Gasteiger partial charge is 0.236 e. The van der Waals surface area contributed by atoms with Crippen LogP contribution in [0.4, 0.5) is 0 Å². The first-order valence-corrected chi connectivity index (χ1v) is 6.82. The topological polar surface area (TPSA) is 61.9 Å². The lowest BCUT2D eigenvalue weighted by Crippen LogP contribution is -2.41. The molecule has 0 spiro atoms. The molecule has 0 aliphatic heterocycles. The third kappa shape index (κ3) is 7.31. The molecule has 0 bridgehead atoms. The van der Waals surface area contributed by atoms with Gasteiger partial charge in [0.2, 0.25) is 11.8 Å². The van der Waals surface area contributed by atoms with Crippen molar-refractivity contribution in [2.24, 2.45) is 0 Å². The van der Waals surface area contributed by atoms with E-state index in [-0.39, 0.29) is 24.9 Å². The van der Waals surface area contributed by atoms with Crippen LogP contribution in [0.3, 0.4) is 0 Å². The highest BCUT2D eigenvalue weighted by atomic mass is 16.5. The summed E-state index contributed by atoms with van der Waals surface area (Å²) >= 11 is 0. The second-order valence-electron chi connectivity index (χ2n) is 4.97. The predicted octanol–water partition coefficient (Wildman–Crippen LogP) is 0.202. The van der Waals surface area contributed by atoms with Gasteiger partial charge in [-0.1, -0.05) is 18.2 Å². The number of amides is 2. The molecule has 6 heteroatoms. The molecule has 116 valence electrons. The van der Waals surface area contributed by atoms with E-state index >= 15 is 0 Å². The van der Waals surface area contributed by atoms with Gasteiger partial charge in [-0.05, 0) is 19.2 Å². The molecule has 0 radical (unpaired) electrons. The minimum atomic E-state index is -0.124. The summed E-state index contributed by atoms with van der Waals surface area (Å²) in [5.74, 6) is 0.624. The molecule has 1 N–H and O–H groups in total. The van der Waals surface area contributed by atoms with E-state index < -0.39 is 0 Å².